The molecule has 1 aromatic heterocycles. The van der Waals surface area contributed by atoms with Crippen LogP contribution < -0.4 is 16.6 Å². The molecular weight excluding hydrogens is 311 g/mol. The molecule has 1 atom stereocenters. The molecule has 1 aliphatic carbocycles. The summed E-state index contributed by atoms with van der Waals surface area (Å²) in [4.78, 5) is 31.7. The van der Waals surface area contributed by atoms with Crippen molar-refractivity contribution in [2.24, 2.45) is 0 Å². The number of benzene rings is 1. The van der Waals surface area contributed by atoms with Crippen molar-refractivity contribution in [1.82, 2.24) is 9.97 Å². The minimum atomic E-state index is -0.568. The summed E-state index contributed by atoms with van der Waals surface area (Å²) >= 11 is 0. The van der Waals surface area contributed by atoms with Gasteiger partial charge in [0.1, 0.15) is 11.6 Å². The maximum atomic E-state index is 13.3. The van der Waals surface area contributed by atoms with E-state index in [1.807, 2.05) is 0 Å². The predicted octanol–water partition coefficient (Wildman–Crippen LogP) is 2.06. The number of aromatic amines is 1. The van der Waals surface area contributed by atoms with E-state index in [-0.39, 0.29) is 17.5 Å². The monoisotopic (exact) mass is 326 g/mol. The van der Waals surface area contributed by atoms with E-state index in [0.29, 0.717) is 35.4 Å². The van der Waals surface area contributed by atoms with Gasteiger partial charge in [-0.3, -0.25) is 14.6 Å². The van der Waals surface area contributed by atoms with Gasteiger partial charge in [0, 0.05) is 23.6 Å². The van der Waals surface area contributed by atoms with E-state index in [1.165, 1.54) is 12.1 Å². The maximum absolute atomic E-state index is 13.3. The van der Waals surface area contributed by atoms with E-state index in [2.05, 4.69) is 15.3 Å². The first kappa shape index (κ1) is 14.6. The van der Waals surface area contributed by atoms with Gasteiger partial charge in [0.2, 0.25) is 5.95 Å². The fourth-order valence-corrected chi connectivity index (χ4v) is 3.47. The number of allylic oxidation sites excluding steroid dienone is 2. The summed E-state index contributed by atoms with van der Waals surface area (Å²) in [6, 6.07) is 5.84. The van der Waals surface area contributed by atoms with Crippen LogP contribution in [0.5, 0.6) is 0 Å². The van der Waals surface area contributed by atoms with Gasteiger partial charge < -0.3 is 11.1 Å². The van der Waals surface area contributed by atoms with E-state index in [0.717, 1.165) is 12.1 Å². The number of H-pyrrole nitrogens is 1. The molecule has 0 amide bonds. The Morgan fingerprint density at radius 3 is 2.67 bits per heavy atom. The lowest BCUT2D eigenvalue weighted by Gasteiger charge is -2.32. The Hall–Kier alpha value is -2.96. The van der Waals surface area contributed by atoms with Crippen molar-refractivity contribution >= 4 is 17.5 Å². The van der Waals surface area contributed by atoms with Gasteiger partial charge in [-0.25, -0.2) is 4.39 Å². The largest absolute Gasteiger partial charge is 0.369 e. The number of fused-ring (bicyclic) bond motifs is 1. The third-order valence-corrected chi connectivity index (χ3v) is 4.48. The second-order valence-corrected chi connectivity index (χ2v) is 5.99. The molecule has 7 heteroatoms. The lowest BCUT2D eigenvalue weighted by Crippen LogP contribution is -2.32. The van der Waals surface area contributed by atoms with Crippen LogP contribution in [-0.2, 0) is 4.79 Å². The Morgan fingerprint density at radius 2 is 1.92 bits per heavy atom. The van der Waals surface area contributed by atoms with Gasteiger partial charge >= 0.3 is 0 Å². The summed E-state index contributed by atoms with van der Waals surface area (Å²) < 4.78 is 13.3. The summed E-state index contributed by atoms with van der Waals surface area (Å²) in [7, 11) is 0. The van der Waals surface area contributed by atoms with Crippen LogP contribution in [0.1, 0.15) is 36.3 Å². The van der Waals surface area contributed by atoms with Crippen molar-refractivity contribution < 1.29 is 9.18 Å². The molecule has 24 heavy (non-hydrogen) atoms. The molecule has 0 bridgehead atoms. The molecule has 0 fully saturated rings. The molecule has 0 saturated carbocycles. The summed E-state index contributed by atoms with van der Waals surface area (Å²) in [6.07, 6.45) is 1.88. The summed E-state index contributed by atoms with van der Waals surface area (Å²) in [5.41, 5.74) is 7.60. The van der Waals surface area contributed by atoms with E-state index in [9.17, 15) is 14.0 Å². The van der Waals surface area contributed by atoms with Gasteiger partial charge in [0.15, 0.2) is 5.78 Å². The molecule has 4 N–H and O–H groups in total. The van der Waals surface area contributed by atoms with Crippen LogP contribution >= 0.6 is 0 Å². The minimum absolute atomic E-state index is 0.0000463. The van der Waals surface area contributed by atoms with Crippen LogP contribution in [0.2, 0.25) is 0 Å². The third-order valence-electron chi connectivity index (χ3n) is 4.48. The molecule has 2 heterocycles. The molecule has 2 aromatic rings. The first-order valence-electron chi connectivity index (χ1n) is 7.73. The Kier molecular flexibility index (Phi) is 3.23. The number of hydrogen-bond acceptors (Lipinski definition) is 5. The highest BCUT2D eigenvalue weighted by Crippen LogP contribution is 2.43. The number of nitrogens with two attached hydrogens (primary N) is 1. The second-order valence-electron chi connectivity index (χ2n) is 5.99. The summed E-state index contributed by atoms with van der Waals surface area (Å²) in [5, 5.41) is 3.10. The fraction of sp³-hybridized carbons (Fsp3) is 0.235. The third kappa shape index (κ3) is 2.20. The number of aromatic nitrogens is 2. The number of carbonyl (C=O) groups is 1. The second kappa shape index (κ2) is 5.30. The number of hydrogen-bond donors (Lipinski definition) is 3. The first-order valence-corrected chi connectivity index (χ1v) is 7.73. The Morgan fingerprint density at radius 1 is 1.17 bits per heavy atom. The lowest BCUT2D eigenvalue weighted by molar-refractivity contribution is -0.116. The number of nitrogen functional groups attached to an aromatic ring is 1. The number of nitrogens with zero attached hydrogens (tertiary/aromatic N) is 1. The zero-order valence-corrected chi connectivity index (χ0v) is 12.7. The Bertz CT molecular complexity index is 931. The first-order chi connectivity index (χ1) is 11.5. The fourth-order valence-electron chi connectivity index (χ4n) is 3.47. The molecule has 4 rings (SSSR count). The standard InChI is InChI=1S/C17H15FN4O2/c18-9-6-4-8(5-7-9)12-13-10(2-1-3-11(13)23)20-15-14(12)16(24)22-17(19)21-15/h4-7,12H,1-3H2,(H4,19,20,21,22,24). The Balaban J connectivity index is 1.99. The van der Waals surface area contributed by atoms with Gasteiger partial charge in [0.25, 0.3) is 5.56 Å². The van der Waals surface area contributed by atoms with Gasteiger partial charge in [-0.1, -0.05) is 12.1 Å². The molecule has 1 unspecified atom stereocenters. The molecule has 6 nitrogen and oxygen atoms in total. The highest BCUT2D eigenvalue weighted by atomic mass is 19.1. The predicted molar refractivity (Wildman–Crippen MR) is 87.0 cm³/mol. The van der Waals surface area contributed by atoms with Crippen LogP contribution in [-0.4, -0.2) is 15.8 Å². The van der Waals surface area contributed by atoms with Gasteiger partial charge in [-0.15, -0.1) is 0 Å². The van der Waals surface area contributed by atoms with Crippen LogP contribution in [0.25, 0.3) is 0 Å². The van der Waals surface area contributed by atoms with Gasteiger partial charge in [-0.2, -0.15) is 4.98 Å². The lowest BCUT2D eigenvalue weighted by atomic mass is 9.76. The van der Waals surface area contributed by atoms with Crippen LogP contribution in [0.4, 0.5) is 16.2 Å². The number of nitrogens with one attached hydrogen (secondary N) is 2. The van der Waals surface area contributed by atoms with E-state index < -0.39 is 11.5 Å². The summed E-state index contributed by atoms with van der Waals surface area (Å²) in [5.74, 6) is -0.572. The number of Topliss-reactive ketones (excluding diaryl/α,β-unsaturated/α-hetero) is 1. The molecule has 0 saturated heterocycles. The number of halogens is 1. The molecule has 0 spiro atoms. The van der Waals surface area contributed by atoms with Crippen molar-refractivity contribution in [1.29, 1.82) is 0 Å². The van der Waals surface area contributed by atoms with E-state index in [1.54, 1.807) is 12.1 Å². The van der Waals surface area contributed by atoms with Crippen LogP contribution in [0, 0.1) is 5.82 Å². The number of carbonyl (C=O) groups excluding carboxylic acids is 1. The number of rotatable bonds is 1. The summed E-state index contributed by atoms with van der Waals surface area (Å²) in [6.45, 7) is 0. The SMILES string of the molecule is Nc1nc2c(c(=O)[nH]1)C(c1ccc(F)cc1)C1=C(CCCC1=O)N2. The molecule has 1 aromatic carbocycles. The molecule has 122 valence electrons. The normalized spacial score (nSPS) is 19.5. The Labute approximate surface area is 136 Å². The topological polar surface area (TPSA) is 101 Å². The van der Waals surface area contributed by atoms with Crippen LogP contribution in [0.3, 0.4) is 0 Å². The zero-order chi connectivity index (χ0) is 16.8. The molecular formula is C17H15FN4O2. The van der Waals surface area contributed by atoms with Gasteiger partial charge in [0.05, 0.1) is 5.56 Å². The van der Waals surface area contributed by atoms with Crippen molar-refractivity contribution in [3.63, 3.8) is 0 Å². The highest BCUT2D eigenvalue weighted by Gasteiger charge is 2.37. The van der Waals surface area contributed by atoms with Gasteiger partial charge in [-0.05, 0) is 30.5 Å². The van der Waals surface area contributed by atoms with E-state index >= 15 is 0 Å². The average Bonchev–Trinajstić information content (AvgIpc) is 2.54. The minimum Gasteiger partial charge on any atom is -0.369 e. The van der Waals surface area contributed by atoms with Crippen molar-refractivity contribution in [2.75, 3.05) is 11.1 Å². The molecule has 1 aliphatic heterocycles. The van der Waals surface area contributed by atoms with E-state index in [4.69, 9.17) is 5.73 Å². The number of ketones is 1. The molecule has 2 aliphatic rings. The van der Waals surface area contributed by atoms with Crippen molar-refractivity contribution in [3.8, 4) is 0 Å². The molecule has 0 radical (unpaired) electrons. The quantitative estimate of drug-likeness (QED) is 0.744. The smallest absolute Gasteiger partial charge is 0.258 e. The van der Waals surface area contributed by atoms with Crippen molar-refractivity contribution in [2.45, 2.75) is 25.2 Å². The van der Waals surface area contributed by atoms with Crippen LogP contribution in [0.15, 0.2) is 40.3 Å². The highest BCUT2D eigenvalue weighted by molar-refractivity contribution is 6.00. The average molecular weight is 326 g/mol. The zero-order valence-electron chi connectivity index (χ0n) is 12.7. The van der Waals surface area contributed by atoms with Crippen molar-refractivity contribution in [3.05, 3.63) is 62.8 Å². The maximum Gasteiger partial charge on any atom is 0.258 e. The number of anilines is 2.